The summed E-state index contributed by atoms with van der Waals surface area (Å²) >= 11 is 1.33. The standard InChI is InChI=1S/C15H13N3O3S/c1-18-5-6-22-15(18)17-14(20)11-8-16-12-7-9(21-2)3-4-10(12)13(11)19/h3-8H,1-2H3,(H,16,19). The van der Waals surface area contributed by atoms with Crippen molar-refractivity contribution in [3.05, 3.63) is 56.6 Å². The number of fused-ring (bicyclic) bond motifs is 1. The number of nitrogens with one attached hydrogen (secondary N) is 1. The van der Waals surface area contributed by atoms with E-state index in [0.717, 1.165) is 0 Å². The Labute approximate surface area is 129 Å². The molecule has 6 nitrogen and oxygen atoms in total. The number of amides is 1. The van der Waals surface area contributed by atoms with Crippen LogP contribution in [0.5, 0.6) is 5.75 Å². The molecule has 0 atom stereocenters. The molecule has 0 saturated heterocycles. The van der Waals surface area contributed by atoms with Gasteiger partial charge in [0.1, 0.15) is 11.3 Å². The number of ether oxygens (including phenoxy) is 1. The van der Waals surface area contributed by atoms with Crippen molar-refractivity contribution in [2.45, 2.75) is 0 Å². The van der Waals surface area contributed by atoms with Crippen molar-refractivity contribution < 1.29 is 9.53 Å². The van der Waals surface area contributed by atoms with Crippen LogP contribution in [0.4, 0.5) is 0 Å². The zero-order valence-electron chi connectivity index (χ0n) is 12.0. The Kier molecular flexibility index (Phi) is 3.64. The van der Waals surface area contributed by atoms with Crippen LogP contribution in [0.3, 0.4) is 0 Å². The van der Waals surface area contributed by atoms with Crippen molar-refractivity contribution >= 4 is 28.1 Å². The number of methoxy groups -OCH3 is 1. The Hall–Kier alpha value is -2.67. The monoisotopic (exact) mass is 315 g/mol. The van der Waals surface area contributed by atoms with Crippen LogP contribution in [0.2, 0.25) is 0 Å². The second kappa shape index (κ2) is 5.61. The van der Waals surface area contributed by atoms with Gasteiger partial charge in [0, 0.05) is 36.3 Å². The third-order valence-corrected chi connectivity index (χ3v) is 4.12. The van der Waals surface area contributed by atoms with Gasteiger partial charge in [0.15, 0.2) is 4.80 Å². The van der Waals surface area contributed by atoms with Crippen molar-refractivity contribution in [2.24, 2.45) is 12.0 Å². The lowest BCUT2D eigenvalue weighted by Crippen LogP contribution is -2.18. The molecule has 0 fully saturated rings. The van der Waals surface area contributed by atoms with Crippen LogP contribution in [0.15, 0.2) is 45.8 Å². The van der Waals surface area contributed by atoms with Gasteiger partial charge in [0.05, 0.1) is 12.6 Å². The zero-order valence-corrected chi connectivity index (χ0v) is 12.8. The summed E-state index contributed by atoms with van der Waals surface area (Å²) in [6.45, 7) is 0. The average molecular weight is 315 g/mol. The predicted molar refractivity (Wildman–Crippen MR) is 84.3 cm³/mol. The lowest BCUT2D eigenvalue weighted by atomic mass is 10.1. The molecule has 3 rings (SSSR count). The van der Waals surface area contributed by atoms with Gasteiger partial charge in [-0.3, -0.25) is 9.59 Å². The first-order valence-corrected chi connectivity index (χ1v) is 7.37. The SMILES string of the molecule is COc1ccc2c(=O)c(C(=O)N=c3sccn3C)c[nH]c2c1. The van der Waals surface area contributed by atoms with Crippen molar-refractivity contribution in [1.82, 2.24) is 9.55 Å². The Morgan fingerprint density at radius 3 is 2.91 bits per heavy atom. The van der Waals surface area contributed by atoms with Crippen LogP contribution in [0.25, 0.3) is 10.9 Å². The maximum absolute atomic E-state index is 12.4. The number of aryl methyl sites for hydroxylation is 1. The normalized spacial score (nSPS) is 11.8. The second-order valence-corrected chi connectivity index (χ2v) is 5.53. The van der Waals surface area contributed by atoms with Gasteiger partial charge >= 0.3 is 0 Å². The molecule has 1 amide bonds. The number of hydrogen-bond donors (Lipinski definition) is 1. The van der Waals surface area contributed by atoms with Crippen LogP contribution in [0.1, 0.15) is 10.4 Å². The van der Waals surface area contributed by atoms with E-state index in [9.17, 15) is 9.59 Å². The zero-order chi connectivity index (χ0) is 15.7. The molecule has 0 aliphatic carbocycles. The quantitative estimate of drug-likeness (QED) is 0.781. The Morgan fingerprint density at radius 2 is 2.23 bits per heavy atom. The van der Waals surface area contributed by atoms with Crippen molar-refractivity contribution in [1.29, 1.82) is 0 Å². The van der Waals surface area contributed by atoms with Gasteiger partial charge in [-0.2, -0.15) is 4.99 Å². The lowest BCUT2D eigenvalue weighted by molar-refractivity contribution is 0.0996. The van der Waals surface area contributed by atoms with Crippen LogP contribution in [0, 0.1) is 0 Å². The number of aromatic nitrogens is 2. The smallest absolute Gasteiger partial charge is 0.285 e. The third kappa shape index (κ3) is 2.46. The summed E-state index contributed by atoms with van der Waals surface area (Å²) < 4.78 is 6.84. The van der Waals surface area contributed by atoms with Crippen LogP contribution < -0.4 is 15.0 Å². The van der Waals surface area contributed by atoms with Gasteiger partial charge in [-0.05, 0) is 12.1 Å². The average Bonchev–Trinajstić information content (AvgIpc) is 2.92. The number of H-pyrrole nitrogens is 1. The van der Waals surface area contributed by atoms with Crippen molar-refractivity contribution in [3.8, 4) is 5.75 Å². The highest BCUT2D eigenvalue weighted by Crippen LogP contribution is 2.16. The molecule has 0 saturated carbocycles. The summed E-state index contributed by atoms with van der Waals surface area (Å²) in [7, 11) is 3.34. The van der Waals surface area contributed by atoms with Gasteiger partial charge in [-0.1, -0.05) is 0 Å². The van der Waals surface area contributed by atoms with Crippen molar-refractivity contribution in [3.63, 3.8) is 0 Å². The number of carbonyl (C=O) groups is 1. The number of hydrogen-bond acceptors (Lipinski definition) is 4. The highest BCUT2D eigenvalue weighted by atomic mass is 32.1. The highest BCUT2D eigenvalue weighted by Gasteiger charge is 2.13. The molecule has 1 aromatic carbocycles. The molecule has 0 unspecified atom stereocenters. The van der Waals surface area contributed by atoms with Crippen LogP contribution >= 0.6 is 11.3 Å². The molecule has 0 bridgehead atoms. The minimum absolute atomic E-state index is 0.0195. The molecule has 0 radical (unpaired) electrons. The summed E-state index contributed by atoms with van der Waals surface area (Å²) in [4.78, 5) is 32.1. The summed E-state index contributed by atoms with van der Waals surface area (Å²) in [6, 6.07) is 5.03. The molecule has 22 heavy (non-hydrogen) atoms. The fraction of sp³-hybridized carbons (Fsp3) is 0.133. The van der Waals surface area contributed by atoms with E-state index < -0.39 is 5.91 Å². The molecular weight excluding hydrogens is 302 g/mol. The van der Waals surface area contributed by atoms with E-state index in [1.165, 1.54) is 17.5 Å². The topological polar surface area (TPSA) is 76.5 Å². The van der Waals surface area contributed by atoms with E-state index in [1.807, 2.05) is 5.38 Å². The Balaban J connectivity index is 2.13. The minimum Gasteiger partial charge on any atom is -0.497 e. The van der Waals surface area contributed by atoms with Crippen LogP contribution in [-0.4, -0.2) is 22.6 Å². The van der Waals surface area contributed by atoms with E-state index in [0.29, 0.717) is 21.5 Å². The maximum atomic E-state index is 12.4. The summed E-state index contributed by atoms with van der Waals surface area (Å²) in [5.41, 5.74) is 0.290. The van der Waals surface area contributed by atoms with Gasteiger partial charge in [-0.15, -0.1) is 11.3 Å². The fourth-order valence-corrected chi connectivity index (χ4v) is 2.80. The van der Waals surface area contributed by atoms with E-state index in [4.69, 9.17) is 4.74 Å². The van der Waals surface area contributed by atoms with E-state index in [2.05, 4.69) is 9.98 Å². The van der Waals surface area contributed by atoms with E-state index in [1.54, 1.807) is 43.1 Å². The maximum Gasteiger partial charge on any atom is 0.285 e. The molecule has 0 aliphatic rings. The summed E-state index contributed by atoms with van der Waals surface area (Å²) in [5, 5.41) is 2.25. The van der Waals surface area contributed by atoms with Gasteiger partial charge in [0.25, 0.3) is 5.91 Å². The van der Waals surface area contributed by atoms with Gasteiger partial charge < -0.3 is 14.3 Å². The van der Waals surface area contributed by atoms with Crippen LogP contribution in [-0.2, 0) is 7.05 Å². The second-order valence-electron chi connectivity index (χ2n) is 4.66. The number of pyridine rings is 1. The minimum atomic E-state index is -0.558. The molecule has 7 heteroatoms. The number of thiazole rings is 1. The van der Waals surface area contributed by atoms with Gasteiger partial charge in [-0.25, -0.2) is 0 Å². The number of nitrogens with zero attached hydrogens (tertiary/aromatic N) is 2. The molecule has 1 N–H and O–H groups in total. The lowest BCUT2D eigenvalue weighted by Gasteiger charge is -2.03. The molecular formula is C15H13N3O3S. The number of aromatic amines is 1. The Bertz CT molecular complexity index is 981. The summed E-state index contributed by atoms with van der Waals surface area (Å²) in [5.74, 6) is 0.0783. The number of carbonyl (C=O) groups excluding carboxylic acids is 1. The number of benzene rings is 1. The van der Waals surface area contributed by atoms with E-state index >= 15 is 0 Å². The molecule has 0 aliphatic heterocycles. The largest absolute Gasteiger partial charge is 0.497 e. The summed E-state index contributed by atoms with van der Waals surface area (Å²) in [6.07, 6.45) is 3.19. The third-order valence-electron chi connectivity index (χ3n) is 3.28. The predicted octanol–water partition coefficient (Wildman–Crippen LogP) is 1.68. The molecule has 0 spiro atoms. The van der Waals surface area contributed by atoms with Crippen molar-refractivity contribution in [2.75, 3.05) is 7.11 Å². The first kappa shape index (κ1) is 14.3. The number of rotatable bonds is 2. The first-order chi connectivity index (χ1) is 10.6. The van der Waals surface area contributed by atoms with Gasteiger partial charge in [0.2, 0.25) is 5.43 Å². The first-order valence-electron chi connectivity index (χ1n) is 6.49. The molecule has 3 aromatic rings. The molecule has 112 valence electrons. The Morgan fingerprint density at radius 1 is 1.41 bits per heavy atom. The van der Waals surface area contributed by atoms with E-state index in [-0.39, 0.29) is 11.0 Å². The molecule has 2 heterocycles. The fourth-order valence-electron chi connectivity index (χ4n) is 2.07. The highest BCUT2D eigenvalue weighted by molar-refractivity contribution is 7.07. The molecule has 2 aromatic heterocycles.